The first kappa shape index (κ1) is 16.0. The van der Waals surface area contributed by atoms with Gasteiger partial charge in [0.25, 0.3) is 0 Å². The van der Waals surface area contributed by atoms with E-state index in [-0.39, 0.29) is 0 Å². The van der Waals surface area contributed by atoms with Gasteiger partial charge in [0.1, 0.15) is 0 Å². The second-order valence-electron chi connectivity index (χ2n) is 5.03. The first-order valence-corrected chi connectivity index (χ1v) is 6.67. The summed E-state index contributed by atoms with van der Waals surface area (Å²) < 4.78 is 0. The molecule has 0 fully saturated rings. The molecule has 0 aliphatic carbocycles. The fraction of sp³-hybridized carbons (Fsp3) is 0.222. The molecule has 0 bridgehead atoms. The van der Waals surface area contributed by atoms with E-state index in [1.807, 2.05) is 50.3 Å². The van der Waals surface area contributed by atoms with Crippen LogP contribution in [0.3, 0.4) is 0 Å². The largest absolute Gasteiger partial charge is 0.345 e. The summed E-state index contributed by atoms with van der Waals surface area (Å²) in [6.07, 6.45) is 1.85. The van der Waals surface area contributed by atoms with Gasteiger partial charge in [-0.3, -0.25) is 0 Å². The van der Waals surface area contributed by atoms with Gasteiger partial charge in [-0.15, -0.1) is 0 Å². The van der Waals surface area contributed by atoms with E-state index in [4.69, 9.17) is 0 Å². The highest BCUT2D eigenvalue weighted by atomic mass is 15.1. The Balaban J connectivity index is 0.000000444. The Morgan fingerprint density at radius 3 is 1.65 bits per heavy atom. The fourth-order valence-corrected chi connectivity index (χ4v) is 1.63. The van der Waals surface area contributed by atoms with Crippen LogP contribution in [0.1, 0.15) is 5.56 Å². The molecular formula is C18H24N2. The highest BCUT2D eigenvalue weighted by molar-refractivity contribution is 5.64. The van der Waals surface area contributed by atoms with Gasteiger partial charge in [-0.1, -0.05) is 43.0 Å². The van der Waals surface area contributed by atoms with Crippen molar-refractivity contribution in [3.05, 3.63) is 66.7 Å². The van der Waals surface area contributed by atoms with E-state index >= 15 is 0 Å². The third-order valence-electron chi connectivity index (χ3n) is 2.66. The molecule has 0 spiro atoms. The maximum atomic E-state index is 3.75. The number of para-hydroxylation sites is 1. The molecule has 0 heterocycles. The first-order chi connectivity index (χ1) is 9.54. The second-order valence-corrected chi connectivity index (χ2v) is 5.03. The van der Waals surface area contributed by atoms with Gasteiger partial charge in [0.2, 0.25) is 0 Å². The van der Waals surface area contributed by atoms with Crippen molar-refractivity contribution in [2.75, 3.05) is 33.1 Å². The molecule has 20 heavy (non-hydrogen) atoms. The van der Waals surface area contributed by atoms with Crippen molar-refractivity contribution in [3.63, 3.8) is 0 Å². The molecular weight excluding hydrogens is 244 g/mol. The van der Waals surface area contributed by atoms with Crippen molar-refractivity contribution in [2.45, 2.75) is 0 Å². The van der Waals surface area contributed by atoms with E-state index < -0.39 is 0 Å². The van der Waals surface area contributed by atoms with Crippen LogP contribution >= 0.6 is 0 Å². The van der Waals surface area contributed by atoms with E-state index in [0.717, 1.165) is 5.56 Å². The highest BCUT2D eigenvalue weighted by Crippen LogP contribution is 2.23. The van der Waals surface area contributed by atoms with E-state index in [2.05, 4.69) is 54.9 Å². The average molecular weight is 268 g/mol. The molecule has 0 N–H and O–H groups in total. The average Bonchev–Trinajstić information content (AvgIpc) is 2.47. The summed E-state index contributed by atoms with van der Waals surface area (Å²) in [5.74, 6) is 0. The molecule has 2 nitrogen and oxygen atoms in total. The maximum Gasteiger partial charge on any atom is 0.0408 e. The molecule has 0 saturated carbocycles. The van der Waals surface area contributed by atoms with Gasteiger partial charge in [0, 0.05) is 18.4 Å². The Labute approximate surface area is 123 Å². The molecule has 0 atom stereocenters. The summed E-state index contributed by atoms with van der Waals surface area (Å²) >= 11 is 0. The molecule has 0 radical (unpaired) electrons. The zero-order valence-corrected chi connectivity index (χ0v) is 12.9. The Morgan fingerprint density at radius 2 is 1.20 bits per heavy atom. The summed E-state index contributed by atoms with van der Waals surface area (Å²) in [6, 6.07) is 18.7. The zero-order valence-electron chi connectivity index (χ0n) is 12.9. The molecule has 0 aliphatic rings. The van der Waals surface area contributed by atoms with Crippen LogP contribution in [-0.2, 0) is 0 Å². The first-order valence-electron chi connectivity index (χ1n) is 6.67. The Hall–Kier alpha value is -2.06. The minimum absolute atomic E-state index is 1.14. The molecule has 0 aliphatic heterocycles. The van der Waals surface area contributed by atoms with Gasteiger partial charge < -0.3 is 9.80 Å². The lowest BCUT2D eigenvalue weighted by molar-refractivity contribution is 0.505. The Morgan fingerprint density at radius 1 is 0.750 bits per heavy atom. The fourth-order valence-electron chi connectivity index (χ4n) is 1.63. The van der Waals surface area contributed by atoms with Crippen LogP contribution in [0.4, 0.5) is 11.4 Å². The number of hydrogen-bond donors (Lipinski definition) is 0. The number of hydrogen-bond acceptors (Lipinski definition) is 2. The maximum absolute atomic E-state index is 3.75. The van der Waals surface area contributed by atoms with Gasteiger partial charge in [0.05, 0.1) is 0 Å². The van der Waals surface area contributed by atoms with Crippen molar-refractivity contribution in [2.24, 2.45) is 0 Å². The lowest BCUT2D eigenvalue weighted by atomic mass is 10.2. The lowest BCUT2D eigenvalue weighted by Crippen LogP contribution is -2.08. The van der Waals surface area contributed by atoms with Crippen LogP contribution in [0.5, 0.6) is 0 Å². The van der Waals surface area contributed by atoms with Gasteiger partial charge >= 0.3 is 0 Å². The predicted octanol–water partition coefficient (Wildman–Crippen LogP) is 4.28. The standard InChI is InChI=1S/C15H15N.C3H9N/c1-3-13-9-11-15(12-10-13)16(2)14-7-5-4-6-8-14;1-4(2)3/h3-12H,1H2,2H3;1-3H3. The minimum atomic E-state index is 1.14. The van der Waals surface area contributed by atoms with Gasteiger partial charge in [-0.2, -0.15) is 0 Å². The molecule has 0 saturated heterocycles. The predicted molar refractivity (Wildman–Crippen MR) is 90.6 cm³/mol. The number of benzene rings is 2. The monoisotopic (exact) mass is 268 g/mol. The van der Waals surface area contributed by atoms with Crippen molar-refractivity contribution in [1.82, 2.24) is 4.90 Å². The minimum Gasteiger partial charge on any atom is -0.345 e. The second kappa shape index (κ2) is 8.18. The smallest absolute Gasteiger partial charge is 0.0408 e. The summed E-state index contributed by atoms with van der Waals surface area (Å²) in [4.78, 5) is 4.16. The van der Waals surface area contributed by atoms with Crippen LogP contribution in [-0.4, -0.2) is 33.1 Å². The Bertz CT molecular complexity index is 498. The van der Waals surface area contributed by atoms with E-state index in [0.29, 0.717) is 0 Å². The summed E-state index contributed by atoms with van der Waals surface area (Å²) in [7, 11) is 8.07. The normalized spacial score (nSPS) is 9.65. The van der Waals surface area contributed by atoms with Crippen molar-refractivity contribution in [1.29, 1.82) is 0 Å². The molecule has 2 heteroatoms. The molecule has 0 aromatic heterocycles. The molecule has 0 unspecified atom stereocenters. The molecule has 2 rings (SSSR count). The third-order valence-corrected chi connectivity index (χ3v) is 2.66. The van der Waals surface area contributed by atoms with Crippen LogP contribution in [0.15, 0.2) is 61.2 Å². The Kier molecular flexibility index (Phi) is 6.54. The van der Waals surface area contributed by atoms with Crippen LogP contribution in [0.2, 0.25) is 0 Å². The molecule has 106 valence electrons. The summed E-state index contributed by atoms with van der Waals surface area (Å²) in [6.45, 7) is 3.75. The van der Waals surface area contributed by atoms with Gasteiger partial charge in [0.15, 0.2) is 0 Å². The van der Waals surface area contributed by atoms with Gasteiger partial charge in [-0.25, -0.2) is 0 Å². The zero-order chi connectivity index (χ0) is 15.0. The molecule has 2 aromatic carbocycles. The van der Waals surface area contributed by atoms with Crippen LogP contribution < -0.4 is 4.90 Å². The third kappa shape index (κ3) is 5.29. The number of nitrogens with zero attached hydrogens (tertiary/aromatic N) is 2. The van der Waals surface area contributed by atoms with Crippen LogP contribution in [0.25, 0.3) is 6.08 Å². The van der Waals surface area contributed by atoms with Crippen molar-refractivity contribution in [3.8, 4) is 0 Å². The van der Waals surface area contributed by atoms with Crippen LogP contribution in [0, 0.1) is 0 Å². The van der Waals surface area contributed by atoms with E-state index in [1.54, 1.807) is 0 Å². The molecule has 2 aromatic rings. The number of rotatable bonds is 3. The highest BCUT2D eigenvalue weighted by Gasteiger charge is 2.01. The SMILES string of the molecule is C=Cc1ccc(N(C)c2ccccc2)cc1.CN(C)C. The van der Waals surface area contributed by atoms with E-state index in [9.17, 15) is 0 Å². The van der Waals surface area contributed by atoms with Gasteiger partial charge in [-0.05, 0) is 51.0 Å². The number of anilines is 2. The quantitative estimate of drug-likeness (QED) is 0.820. The van der Waals surface area contributed by atoms with Crippen molar-refractivity contribution < 1.29 is 0 Å². The summed E-state index contributed by atoms with van der Waals surface area (Å²) in [5.41, 5.74) is 3.51. The summed E-state index contributed by atoms with van der Waals surface area (Å²) in [5, 5.41) is 0. The van der Waals surface area contributed by atoms with E-state index in [1.165, 1.54) is 11.4 Å². The molecule has 0 amide bonds. The topological polar surface area (TPSA) is 6.48 Å². The lowest BCUT2D eigenvalue weighted by Gasteiger charge is -2.19. The van der Waals surface area contributed by atoms with Crippen molar-refractivity contribution >= 4 is 17.5 Å².